The Hall–Kier alpha value is -1.18. The van der Waals surface area contributed by atoms with E-state index in [2.05, 4.69) is 33.2 Å². The van der Waals surface area contributed by atoms with Crippen LogP contribution in [-0.2, 0) is 0 Å². The van der Waals surface area contributed by atoms with Crippen LogP contribution < -0.4 is 10.6 Å². The molecule has 6 heteroatoms. The Kier molecular flexibility index (Phi) is 5.55. The first kappa shape index (κ1) is 16.2. The molecule has 0 spiro atoms. The first-order chi connectivity index (χ1) is 9.95. The highest BCUT2D eigenvalue weighted by molar-refractivity contribution is 14.1. The van der Waals surface area contributed by atoms with Crippen molar-refractivity contribution in [3.63, 3.8) is 0 Å². The zero-order chi connectivity index (χ0) is 15.4. The molecular weight excluding hydrogens is 419 g/mol. The third-order valence-corrected chi connectivity index (χ3v) is 4.38. The number of anilines is 1. The molecule has 1 amide bonds. The number of carbonyl (C=O) groups excluding carboxylic acids is 1. The fraction of sp³-hybridized carbons (Fsp3) is 0.0667. The van der Waals surface area contributed by atoms with Crippen LogP contribution in [0, 0.1) is 10.5 Å². The van der Waals surface area contributed by atoms with Gasteiger partial charge in [-0.15, -0.1) is 0 Å². The molecule has 2 aromatic rings. The van der Waals surface area contributed by atoms with Gasteiger partial charge in [-0.05, 0) is 83.7 Å². The third kappa shape index (κ3) is 4.66. The summed E-state index contributed by atoms with van der Waals surface area (Å²) in [7, 11) is 0. The Morgan fingerprint density at radius 1 is 1.19 bits per heavy atom. The highest BCUT2D eigenvalue weighted by Gasteiger charge is 2.09. The number of amides is 1. The second-order valence-corrected chi connectivity index (χ2v) is 6.39. The molecule has 0 saturated heterocycles. The topological polar surface area (TPSA) is 41.1 Å². The van der Waals surface area contributed by atoms with Crippen molar-refractivity contribution in [1.82, 2.24) is 5.32 Å². The molecule has 21 heavy (non-hydrogen) atoms. The van der Waals surface area contributed by atoms with Crippen LogP contribution in [0.15, 0.2) is 42.5 Å². The maximum Gasteiger partial charge on any atom is 0.257 e. The molecule has 2 aromatic carbocycles. The van der Waals surface area contributed by atoms with Crippen LogP contribution in [0.3, 0.4) is 0 Å². The van der Waals surface area contributed by atoms with Crippen molar-refractivity contribution >= 4 is 63.1 Å². The van der Waals surface area contributed by atoms with Gasteiger partial charge >= 0.3 is 0 Å². The van der Waals surface area contributed by atoms with Crippen LogP contribution in [0.2, 0.25) is 5.02 Å². The highest BCUT2D eigenvalue weighted by atomic mass is 127. The summed E-state index contributed by atoms with van der Waals surface area (Å²) in [5, 5.41) is 6.48. The fourth-order valence-electron chi connectivity index (χ4n) is 1.60. The maximum atomic E-state index is 12.1. The number of halogens is 2. The quantitative estimate of drug-likeness (QED) is 0.549. The minimum absolute atomic E-state index is 0.237. The predicted molar refractivity (Wildman–Crippen MR) is 99.0 cm³/mol. The lowest BCUT2D eigenvalue weighted by Crippen LogP contribution is -2.34. The van der Waals surface area contributed by atoms with E-state index in [1.807, 2.05) is 19.1 Å². The molecule has 0 heterocycles. The van der Waals surface area contributed by atoms with Gasteiger partial charge in [-0.1, -0.05) is 17.7 Å². The molecule has 2 N–H and O–H groups in total. The molecule has 0 atom stereocenters. The van der Waals surface area contributed by atoms with Gasteiger partial charge in [-0.25, -0.2) is 0 Å². The largest absolute Gasteiger partial charge is 0.332 e. The molecule has 0 aliphatic rings. The number of thiocarbonyl (C=S) groups is 1. The second kappa shape index (κ2) is 7.20. The standard InChI is InChI=1S/C15H12ClIN2OS/c1-9-2-3-10(8-13(9)17)14(20)19-15(21)18-12-6-4-11(16)5-7-12/h2-8H,1H3,(H2,18,19,20,21). The number of hydrogen-bond acceptors (Lipinski definition) is 2. The minimum Gasteiger partial charge on any atom is -0.332 e. The summed E-state index contributed by atoms with van der Waals surface area (Å²) in [6.45, 7) is 2.00. The van der Waals surface area contributed by atoms with E-state index in [9.17, 15) is 4.79 Å². The average Bonchev–Trinajstić information content (AvgIpc) is 2.44. The maximum absolute atomic E-state index is 12.1. The van der Waals surface area contributed by atoms with Crippen molar-refractivity contribution in [1.29, 1.82) is 0 Å². The molecule has 0 radical (unpaired) electrons. The molecule has 0 aliphatic carbocycles. The Labute approximate surface area is 147 Å². The Balaban J connectivity index is 2.00. The molecule has 0 bridgehead atoms. The smallest absolute Gasteiger partial charge is 0.257 e. The number of nitrogens with one attached hydrogen (secondary N) is 2. The molecule has 0 fully saturated rings. The second-order valence-electron chi connectivity index (χ2n) is 4.38. The number of rotatable bonds is 2. The summed E-state index contributed by atoms with van der Waals surface area (Å²) in [4.78, 5) is 12.1. The van der Waals surface area contributed by atoms with Gasteiger partial charge in [-0.2, -0.15) is 0 Å². The lowest BCUT2D eigenvalue weighted by atomic mass is 10.1. The Bertz CT molecular complexity index is 689. The Morgan fingerprint density at radius 3 is 2.48 bits per heavy atom. The van der Waals surface area contributed by atoms with Crippen LogP contribution in [-0.4, -0.2) is 11.0 Å². The number of carbonyl (C=O) groups is 1. The zero-order valence-corrected chi connectivity index (χ0v) is 14.8. The number of benzene rings is 2. The Morgan fingerprint density at radius 2 is 1.86 bits per heavy atom. The minimum atomic E-state index is -0.237. The van der Waals surface area contributed by atoms with Crippen molar-refractivity contribution in [2.75, 3.05) is 5.32 Å². The van der Waals surface area contributed by atoms with Gasteiger partial charge in [0, 0.05) is 19.8 Å². The SMILES string of the molecule is Cc1ccc(C(=O)NC(=S)Nc2ccc(Cl)cc2)cc1I. The van der Waals surface area contributed by atoms with Crippen LogP contribution in [0.25, 0.3) is 0 Å². The average molecular weight is 431 g/mol. The van der Waals surface area contributed by atoms with Gasteiger partial charge in [0.15, 0.2) is 5.11 Å². The van der Waals surface area contributed by atoms with E-state index in [1.54, 1.807) is 30.3 Å². The van der Waals surface area contributed by atoms with E-state index in [0.717, 1.165) is 14.8 Å². The summed E-state index contributed by atoms with van der Waals surface area (Å²) >= 11 is 13.1. The van der Waals surface area contributed by atoms with Crippen molar-refractivity contribution < 1.29 is 4.79 Å². The monoisotopic (exact) mass is 430 g/mol. The van der Waals surface area contributed by atoms with Crippen molar-refractivity contribution in [2.24, 2.45) is 0 Å². The van der Waals surface area contributed by atoms with Crippen molar-refractivity contribution in [3.8, 4) is 0 Å². The molecule has 0 aromatic heterocycles. The molecule has 2 rings (SSSR count). The first-order valence-electron chi connectivity index (χ1n) is 6.10. The molecule has 0 aliphatic heterocycles. The lowest BCUT2D eigenvalue weighted by Gasteiger charge is -2.10. The molecule has 3 nitrogen and oxygen atoms in total. The van der Waals surface area contributed by atoms with Gasteiger partial charge in [0.25, 0.3) is 5.91 Å². The number of hydrogen-bond donors (Lipinski definition) is 2. The predicted octanol–water partition coefficient (Wildman–Crippen LogP) is 4.38. The third-order valence-electron chi connectivity index (χ3n) is 2.76. The molecule has 108 valence electrons. The van der Waals surface area contributed by atoms with E-state index < -0.39 is 0 Å². The van der Waals surface area contributed by atoms with Crippen LogP contribution >= 0.6 is 46.4 Å². The fourth-order valence-corrected chi connectivity index (χ4v) is 2.46. The summed E-state index contributed by atoms with van der Waals surface area (Å²) in [5.74, 6) is -0.237. The lowest BCUT2D eigenvalue weighted by molar-refractivity contribution is 0.0977. The molecular formula is C15H12ClIN2OS. The van der Waals surface area contributed by atoms with Crippen molar-refractivity contribution in [3.05, 3.63) is 62.2 Å². The normalized spacial score (nSPS) is 10.0. The zero-order valence-electron chi connectivity index (χ0n) is 11.1. The van der Waals surface area contributed by atoms with E-state index in [1.165, 1.54) is 0 Å². The molecule has 0 saturated carbocycles. The molecule has 0 unspecified atom stereocenters. The van der Waals surface area contributed by atoms with E-state index in [0.29, 0.717) is 10.6 Å². The van der Waals surface area contributed by atoms with E-state index in [-0.39, 0.29) is 11.0 Å². The van der Waals surface area contributed by atoms with Crippen LogP contribution in [0.5, 0.6) is 0 Å². The summed E-state index contributed by atoms with van der Waals surface area (Å²) < 4.78 is 1.04. The summed E-state index contributed by atoms with van der Waals surface area (Å²) in [6, 6.07) is 12.6. The number of aryl methyl sites for hydroxylation is 1. The van der Waals surface area contributed by atoms with Gasteiger partial charge in [0.2, 0.25) is 0 Å². The summed E-state index contributed by atoms with van der Waals surface area (Å²) in [5.41, 5.74) is 2.47. The van der Waals surface area contributed by atoms with Gasteiger partial charge < -0.3 is 5.32 Å². The van der Waals surface area contributed by atoms with Gasteiger partial charge in [0.05, 0.1) is 0 Å². The van der Waals surface area contributed by atoms with Crippen molar-refractivity contribution in [2.45, 2.75) is 6.92 Å². The first-order valence-corrected chi connectivity index (χ1v) is 7.96. The van der Waals surface area contributed by atoms with Gasteiger partial charge in [0.1, 0.15) is 0 Å². The highest BCUT2D eigenvalue weighted by Crippen LogP contribution is 2.14. The van der Waals surface area contributed by atoms with E-state index >= 15 is 0 Å². The summed E-state index contributed by atoms with van der Waals surface area (Å²) in [6.07, 6.45) is 0. The van der Waals surface area contributed by atoms with Crippen LogP contribution in [0.4, 0.5) is 5.69 Å². The van der Waals surface area contributed by atoms with Gasteiger partial charge in [-0.3, -0.25) is 10.1 Å². The van der Waals surface area contributed by atoms with Crippen LogP contribution in [0.1, 0.15) is 15.9 Å². The van der Waals surface area contributed by atoms with E-state index in [4.69, 9.17) is 23.8 Å².